The van der Waals surface area contributed by atoms with Crippen LogP contribution in [-0.4, -0.2) is 83.7 Å². The molecule has 2 fully saturated rings. The summed E-state index contributed by atoms with van der Waals surface area (Å²) in [5.41, 5.74) is 3.81. The van der Waals surface area contributed by atoms with Gasteiger partial charge in [0.1, 0.15) is 0 Å². The highest BCUT2D eigenvalue weighted by molar-refractivity contribution is 7.99. The highest BCUT2D eigenvalue weighted by atomic mass is 32.2. The molecule has 0 radical (unpaired) electrons. The van der Waals surface area contributed by atoms with E-state index in [-0.39, 0.29) is 23.4 Å². The number of aromatic nitrogens is 1. The minimum atomic E-state index is -0.139. The van der Waals surface area contributed by atoms with Gasteiger partial charge in [-0.3, -0.25) is 24.9 Å². The van der Waals surface area contributed by atoms with Gasteiger partial charge in [0.2, 0.25) is 5.91 Å². The van der Waals surface area contributed by atoms with E-state index in [0.717, 1.165) is 50.6 Å². The van der Waals surface area contributed by atoms with Crippen LogP contribution in [0.5, 0.6) is 0 Å². The summed E-state index contributed by atoms with van der Waals surface area (Å²) in [5.74, 6) is 0.975. The summed E-state index contributed by atoms with van der Waals surface area (Å²) in [5, 5.41) is 3.62. The van der Waals surface area contributed by atoms with Crippen LogP contribution in [0.15, 0.2) is 85.2 Å². The van der Waals surface area contributed by atoms with Gasteiger partial charge in [-0.1, -0.05) is 66.7 Å². The lowest BCUT2D eigenvalue weighted by Gasteiger charge is -2.40. The standard InChI is InChI=1S/C29H35N5OS/c1-32(29(35)26-22-36-28(31-26)25-13-8-14-30-21-25)15-16-33-17-19-34(20-18-33)27(23-9-4-2-5-10-23)24-11-6-3-7-12-24/h2-14,21,26-28,31H,15-20,22H2,1H3/t26-,28?/m0/s1. The largest absolute Gasteiger partial charge is 0.343 e. The first-order valence-corrected chi connectivity index (χ1v) is 13.8. The summed E-state index contributed by atoms with van der Waals surface area (Å²) in [4.78, 5) is 24.2. The van der Waals surface area contributed by atoms with Crippen molar-refractivity contribution in [2.45, 2.75) is 17.5 Å². The highest BCUT2D eigenvalue weighted by Gasteiger charge is 2.32. The Labute approximate surface area is 218 Å². The number of rotatable bonds is 8. The minimum absolute atomic E-state index is 0.135. The minimum Gasteiger partial charge on any atom is -0.343 e. The maximum Gasteiger partial charge on any atom is 0.240 e. The van der Waals surface area contributed by atoms with E-state index in [9.17, 15) is 4.79 Å². The van der Waals surface area contributed by atoms with Gasteiger partial charge in [-0.2, -0.15) is 0 Å². The molecule has 5 rings (SSSR count). The Bertz CT molecular complexity index is 1050. The van der Waals surface area contributed by atoms with Crippen molar-refractivity contribution in [3.8, 4) is 0 Å². The molecule has 0 spiro atoms. The van der Waals surface area contributed by atoms with Gasteiger partial charge in [-0.05, 0) is 22.8 Å². The van der Waals surface area contributed by atoms with Crippen LogP contribution in [0.2, 0.25) is 0 Å². The van der Waals surface area contributed by atoms with Gasteiger partial charge in [-0.25, -0.2) is 0 Å². The average Bonchev–Trinajstić information content (AvgIpc) is 3.44. The summed E-state index contributed by atoms with van der Waals surface area (Å²) in [6.07, 6.45) is 3.66. The van der Waals surface area contributed by atoms with Crippen molar-refractivity contribution in [3.05, 3.63) is 102 Å². The van der Waals surface area contributed by atoms with Crippen LogP contribution in [0.25, 0.3) is 0 Å². The van der Waals surface area contributed by atoms with E-state index in [2.05, 4.69) is 86.8 Å². The first-order chi connectivity index (χ1) is 17.7. The normalized spacial score (nSPS) is 21.1. The zero-order valence-electron chi connectivity index (χ0n) is 20.9. The van der Waals surface area contributed by atoms with E-state index in [1.165, 1.54) is 11.1 Å². The van der Waals surface area contributed by atoms with Crippen LogP contribution in [0.1, 0.15) is 28.1 Å². The van der Waals surface area contributed by atoms with Crippen LogP contribution in [0.3, 0.4) is 0 Å². The number of pyridine rings is 1. The van der Waals surface area contributed by atoms with E-state index in [4.69, 9.17) is 0 Å². The summed E-state index contributed by atoms with van der Waals surface area (Å²) >= 11 is 1.78. The van der Waals surface area contributed by atoms with E-state index in [1.807, 2.05) is 24.2 Å². The van der Waals surface area contributed by atoms with Crippen molar-refractivity contribution in [2.24, 2.45) is 0 Å². The van der Waals surface area contributed by atoms with E-state index in [0.29, 0.717) is 0 Å². The van der Waals surface area contributed by atoms with Crippen molar-refractivity contribution in [1.29, 1.82) is 0 Å². The van der Waals surface area contributed by atoms with E-state index < -0.39 is 0 Å². The molecule has 1 aromatic heterocycles. The number of nitrogens with zero attached hydrogens (tertiary/aromatic N) is 4. The molecule has 36 heavy (non-hydrogen) atoms. The lowest BCUT2D eigenvalue weighted by Crippen LogP contribution is -2.51. The molecule has 6 nitrogen and oxygen atoms in total. The molecule has 2 saturated heterocycles. The fraction of sp³-hybridized carbons (Fsp3) is 0.379. The van der Waals surface area contributed by atoms with Crippen molar-refractivity contribution < 1.29 is 4.79 Å². The molecule has 3 aromatic rings. The Morgan fingerprint density at radius 2 is 1.67 bits per heavy atom. The SMILES string of the molecule is CN(CCN1CCN(C(c2ccccc2)c2ccccc2)CC1)C(=O)[C@@H]1CSC(c2cccnc2)N1. The monoisotopic (exact) mass is 501 g/mol. The fourth-order valence-corrected chi connectivity index (χ4v) is 6.35. The number of likely N-dealkylation sites (N-methyl/N-ethyl adjacent to an activating group) is 1. The van der Waals surface area contributed by atoms with E-state index >= 15 is 0 Å². The Kier molecular flexibility index (Phi) is 8.33. The second-order valence-corrected chi connectivity index (χ2v) is 10.7. The number of carbonyl (C=O) groups is 1. The second kappa shape index (κ2) is 12.0. The van der Waals surface area contributed by atoms with Gasteiger partial charge in [0, 0.05) is 64.5 Å². The predicted octanol–water partition coefficient (Wildman–Crippen LogP) is 3.65. The first-order valence-electron chi connectivity index (χ1n) is 12.8. The third-order valence-corrected chi connectivity index (χ3v) is 8.47. The summed E-state index contributed by atoms with van der Waals surface area (Å²) in [6.45, 7) is 5.71. The van der Waals surface area contributed by atoms with Crippen LogP contribution < -0.4 is 5.32 Å². The quantitative estimate of drug-likeness (QED) is 0.509. The number of nitrogens with one attached hydrogen (secondary N) is 1. The zero-order valence-corrected chi connectivity index (χ0v) is 21.7. The third kappa shape index (κ3) is 5.98. The van der Waals surface area contributed by atoms with Gasteiger partial charge in [-0.15, -0.1) is 11.8 Å². The molecule has 2 atom stereocenters. The van der Waals surface area contributed by atoms with Crippen molar-refractivity contribution in [3.63, 3.8) is 0 Å². The number of carbonyl (C=O) groups excluding carboxylic acids is 1. The maximum absolute atomic E-state index is 13.1. The van der Waals surface area contributed by atoms with Gasteiger partial charge < -0.3 is 4.90 Å². The Morgan fingerprint density at radius 3 is 2.28 bits per heavy atom. The lowest BCUT2D eigenvalue weighted by molar-refractivity contribution is -0.131. The number of hydrogen-bond donors (Lipinski definition) is 1. The fourth-order valence-electron chi connectivity index (χ4n) is 5.14. The van der Waals surface area contributed by atoms with Gasteiger partial charge in [0.05, 0.1) is 17.5 Å². The lowest BCUT2D eigenvalue weighted by atomic mass is 9.96. The number of hydrogen-bond acceptors (Lipinski definition) is 6. The van der Waals surface area contributed by atoms with Gasteiger partial charge in [0.15, 0.2) is 0 Å². The number of thioether (sulfide) groups is 1. The molecule has 0 saturated carbocycles. The predicted molar refractivity (Wildman–Crippen MR) is 147 cm³/mol. The molecule has 1 unspecified atom stereocenters. The Morgan fingerprint density at radius 1 is 1.00 bits per heavy atom. The zero-order chi connectivity index (χ0) is 24.7. The molecule has 2 aromatic carbocycles. The smallest absolute Gasteiger partial charge is 0.240 e. The molecule has 188 valence electrons. The van der Waals surface area contributed by atoms with Crippen LogP contribution in [0, 0.1) is 0 Å². The topological polar surface area (TPSA) is 51.7 Å². The molecule has 3 heterocycles. The van der Waals surface area contributed by atoms with Crippen molar-refractivity contribution >= 4 is 17.7 Å². The molecular weight excluding hydrogens is 466 g/mol. The van der Waals surface area contributed by atoms with Crippen molar-refractivity contribution in [2.75, 3.05) is 52.1 Å². The van der Waals surface area contributed by atoms with Gasteiger partial charge in [0.25, 0.3) is 0 Å². The molecule has 1 amide bonds. The Hall–Kier alpha value is -2.71. The number of amides is 1. The molecule has 2 aliphatic rings. The summed E-state index contributed by atoms with van der Waals surface area (Å²) in [7, 11) is 1.93. The van der Waals surface area contributed by atoms with Gasteiger partial charge >= 0.3 is 0 Å². The Balaban J connectivity index is 1.11. The molecule has 1 N–H and O–H groups in total. The number of benzene rings is 2. The van der Waals surface area contributed by atoms with Crippen molar-refractivity contribution in [1.82, 2.24) is 25.0 Å². The molecule has 0 bridgehead atoms. The van der Waals surface area contributed by atoms with E-state index in [1.54, 1.807) is 18.0 Å². The third-order valence-electron chi connectivity index (χ3n) is 7.20. The molecule has 2 aliphatic heterocycles. The summed E-state index contributed by atoms with van der Waals surface area (Å²) < 4.78 is 0. The summed E-state index contributed by atoms with van der Waals surface area (Å²) in [6, 6.07) is 25.8. The van der Waals surface area contributed by atoms with Crippen LogP contribution in [-0.2, 0) is 4.79 Å². The molecular formula is C29H35N5OS. The number of piperazine rings is 1. The van der Waals surface area contributed by atoms with Crippen LogP contribution >= 0.6 is 11.8 Å². The van der Waals surface area contributed by atoms with Crippen LogP contribution in [0.4, 0.5) is 0 Å². The maximum atomic E-state index is 13.1. The average molecular weight is 502 g/mol. The second-order valence-electron chi connectivity index (χ2n) is 9.58. The molecule has 7 heteroatoms. The first kappa shape index (κ1) is 25.0. The molecule has 0 aliphatic carbocycles. The highest BCUT2D eigenvalue weighted by Crippen LogP contribution is 2.33.